The van der Waals surface area contributed by atoms with Gasteiger partial charge in [0.25, 0.3) is 0 Å². The molecule has 0 atom stereocenters. The third kappa shape index (κ3) is 1.40. The van der Waals surface area contributed by atoms with Crippen LogP contribution in [-0.2, 0) is 6.54 Å². The van der Waals surface area contributed by atoms with E-state index in [0.717, 1.165) is 16.8 Å². The van der Waals surface area contributed by atoms with E-state index in [4.69, 9.17) is 4.74 Å². The molecule has 3 rings (SSSR count). The van der Waals surface area contributed by atoms with Crippen molar-refractivity contribution in [1.82, 2.24) is 20.7 Å². The number of rotatable bonds is 1. The highest BCUT2D eigenvalue weighted by molar-refractivity contribution is 5.74. The quantitative estimate of drug-likeness (QED) is 0.747. The Morgan fingerprint density at radius 3 is 3.12 bits per heavy atom. The Labute approximate surface area is 90.6 Å². The van der Waals surface area contributed by atoms with E-state index in [2.05, 4.69) is 20.7 Å². The zero-order chi connectivity index (χ0) is 11.0. The molecule has 0 spiro atoms. The fourth-order valence-electron chi connectivity index (χ4n) is 1.62. The first-order valence-corrected chi connectivity index (χ1v) is 4.78. The van der Waals surface area contributed by atoms with E-state index in [9.17, 15) is 4.79 Å². The van der Waals surface area contributed by atoms with Crippen molar-refractivity contribution in [2.24, 2.45) is 0 Å². The smallest absolute Gasteiger partial charge is 0.410 e. The van der Waals surface area contributed by atoms with Crippen molar-refractivity contribution in [3.8, 4) is 17.0 Å². The number of carbonyl (C=O) groups excluding carboxylic acids is 1. The Hall–Kier alpha value is -2.37. The van der Waals surface area contributed by atoms with Crippen molar-refractivity contribution in [3.05, 3.63) is 30.0 Å². The zero-order valence-electron chi connectivity index (χ0n) is 8.23. The fourth-order valence-corrected chi connectivity index (χ4v) is 1.62. The largest absolute Gasteiger partial charge is 0.412 e. The van der Waals surface area contributed by atoms with E-state index < -0.39 is 6.09 Å². The molecule has 16 heavy (non-hydrogen) atoms. The van der Waals surface area contributed by atoms with Gasteiger partial charge in [-0.15, -0.1) is 0 Å². The van der Waals surface area contributed by atoms with Gasteiger partial charge in [-0.25, -0.2) is 4.79 Å². The van der Waals surface area contributed by atoms with Crippen molar-refractivity contribution in [2.75, 3.05) is 0 Å². The van der Waals surface area contributed by atoms with Crippen LogP contribution in [0.4, 0.5) is 4.79 Å². The molecule has 0 unspecified atom stereocenters. The lowest BCUT2D eigenvalue weighted by Gasteiger charge is -2.17. The molecule has 6 heteroatoms. The van der Waals surface area contributed by atoms with E-state index in [1.54, 1.807) is 12.3 Å². The Morgan fingerprint density at radius 2 is 2.31 bits per heavy atom. The van der Waals surface area contributed by atoms with Gasteiger partial charge in [-0.1, -0.05) is 0 Å². The second-order valence-corrected chi connectivity index (χ2v) is 3.42. The monoisotopic (exact) mass is 216 g/mol. The summed E-state index contributed by atoms with van der Waals surface area (Å²) in [4.78, 5) is 11.0. The van der Waals surface area contributed by atoms with Gasteiger partial charge in [0.05, 0.1) is 6.20 Å². The number of H-pyrrole nitrogens is 1. The predicted molar refractivity (Wildman–Crippen MR) is 54.7 cm³/mol. The summed E-state index contributed by atoms with van der Waals surface area (Å²) in [5.41, 5.74) is 2.63. The second-order valence-electron chi connectivity index (χ2n) is 3.42. The lowest BCUT2D eigenvalue weighted by Crippen LogP contribution is -2.31. The highest BCUT2D eigenvalue weighted by Gasteiger charge is 2.16. The number of benzene rings is 1. The molecule has 2 aromatic rings. The Balaban J connectivity index is 2.03. The molecule has 0 saturated carbocycles. The average Bonchev–Trinajstić information content (AvgIpc) is 2.82. The first-order chi connectivity index (χ1) is 7.83. The third-order valence-corrected chi connectivity index (χ3v) is 2.40. The summed E-state index contributed by atoms with van der Waals surface area (Å²) in [6, 6.07) is 5.53. The summed E-state index contributed by atoms with van der Waals surface area (Å²) in [5.74, 6) is 0.594. The van der Waals surface area contributed by atoms with Gasteiger partial charge in [-0.3, -0.25) is 0 Å². The van der Waals surface area contributed by atoms with Crippen LogP contribution in [0.25, 0.3) is 11.3 Å². The van der Waals surface area contributed by atoms with Gasteiger partial charge in [0.1, 0.15) is 11.4 Å². The predicted octanol–water partition coefficient (Wildman–Crippen LogP) is 1.07. The van der Waals surface area contributed by atoms with E-state index in [0.29, 0.717) is 12.3 Å². The summed E-state index contributed by atoms with van der Waals surface area (Å²) in [5, 5.41) is 12.9. The maximum absolute atomic E-state index is 11.0. The number of amides is 1. The second kappa shape index (κ2) is 3.34. The van der Waals surface area contributed by atoms with Gasteiger partial charge < -0.3 is 10.1 Å². The van der Waals surface area contributed by atoms with Crippen molar-refractivity contribution < 1.29 is 9.53 Å². The van der Waals surface area contributed by atoms with E-state index in [1.165, 1.54) is 0 Å². The number of fused-ring (bicyclic) bond motifs is 1. The molecule has 1 aliphatic heterocycles. The van der Waals surface area contributed by atoms with Crippen LogP contribution in [0.3, 0.4) is 0 Å². The van der Waals surface area contributed by atoms with Gasteiger partial charge in [-0.05, 0) is 18.2 Å². The van der Waals surface area contributed by atoms with E-state index in [-0.39, 0.29) is 0 Å². The van der Waals surface area contributed by atoms with E-state index >= 15 is 0 Å². The molecule has 0 fully saturated rings. The minimum Gasteiger partial charge on any atom is -0.410 e. The normalized spacial score (nSPS) is 13.9. The molecular formula is C10H8N4O2. The lowest BCUT2D eigenvalue weighted by atomic mass is 10.1. The number of ether oxygens (including phenoxy) is 1. The van der Waals surface area contributed by atoms with Crippen LogP contribution in [0.5, 0.6) is 5.75 Å². The number of nitrogens with zero attached hydrogens (tertiary/aromatic N) is 2. The van der Waals surface area contributed by atoms with Gasteiger partial charge in [0.15, 0.2) is 0 Å². The minimum absolute atomic E-state index is 0.415. The Kier molecular flexibility index (Phi) is 1.86. The Morgan fingerprint density at radius 1 is 1.38 bits per heavy atom. The molecule has 80 valence electrons. The zero-order valence-corrected chi connectivity index (χ0v) is 8.23. The number of nitrogens with one attached hydrogen (secondary N) is 2. The molecule has 2 heterocycles. The summed E-state index contributed by atoms with van der Waals surface area (Å²) < 4.78 is 5.01. The molecule has 0 radical (unpaired) electrons. The van der Waals surface area contributed by atoms with Gasteiger partial charge in [0.2, 0.25) is 0 Å². The minimum atomic E-state index is -0.415. The van der Waals surface area contributed by atoms with Crippen LogP contribution in [0, 0.1) is 0 Å². The molecule has 1 aromatic heterocycles. The van der Waals surface area contributed by atoms with Crippen LogP contribution in [0.1, 0.15) is 5.56 Å². The number of hydrogen-bond acceptors (Lipinski definition) is 4. The van der Waals surface area contributed by atoms with E-state index in [1.807, 2.05) is 12.1 Å². The van der Waals surface area contributed by atoms with Crippen LogP contribution >= 0.6 is 0 Å². The van der Waals surface area contributed by atoms with Gasteiger partial charge >= 0.3 is 6.09 Å². The maximum Gasteiger partial charge on any atom is 0.412 e. The van der Waals surface area contributed by atoms with Crippen molar-refractivity contribution >= 4 is 6.09 Å². The lowest BCUT2D eigenvalue weighted by molar-refractivity contribution is 0.194. The summed E-state index contributed by atoms with van der Waals surface area (Å²) in [6.07, 6.45) is 1.23. The third-order valence-electron chi connectivity index (χ3n) is 2.40. The topological polar surface area (TPSA) is 79.9 Å². The SMILES string of the molecule is O=C1NCc2cc(-c3cn[nH]n3)ccc2O1. The van der Waals surface area contributed by atoms with Crippen molar-refractivity contribution in [3.63, 3.8) is 0 Å². The van der Waals surface area contributed by atoms with Crippen LogP contribution in [0.2, 0.25) is 0 Å². The number of carbonyl (C=O) groups is 1. The summed E-state index contributed by atoms with van der Waals surface area (Å²) >= 11 is 0. The highest BCUT2D eigenvalue weighted by atomic mass is 16.6. The molecule has 2 N–H and O–H groups in total. The van der Waals surface area contributed by atoms with Crippen molar-refractivity contribution in [2.45, 2.75) is 6.54 Å². The first kappa shape index (κ1) is 8.90. The van der Waals surface area contributed by atoms with Crippen LogP contribution < -0.4 is 10.1 Å². The maximum atomic E-state index is 11.0. The average molecular weight is 216 g/mol. The standard InChI is InChI=1S/C10H8N4O2/c15-10-11-4-7-3-6(1-2-9(7)16-10)8-5-12-14-13-8/h1-3,5H,4H2,(H,11,15)(H,12,13,14). The van der Waals surface area contributed by atoms with Crippen LogP contribution in [-0.4, -0.2) is 21.5 Å². The molecule has 0 saturated heterocycles. The number of hydrogen-bond donors (Lipinski definition) is 2. The molecule has 1 amide bonds. The molecule has 6 nitrogen and oxygen atoms in total. The Bertz CT molecular complexity index is 536. The highest BCUT2D eigenvalue weighted by Crippen LogP contribution is 2.27. The van der Waals surface area contributed by atoms with Crippen LogP contribution in [0.15, 0.2) is 24.4 Å². The van der Waals surface area contributed by atoms with Crippen molar-refractivity contribution in [1.29, 1.82) is 0 Å². The first-order valence-electron chi connectivity index (χ1n) is 4.78. The molecule has 1 aromatic carbocycles. The molecule has 0 aliphatic carbocycles. The molecule has 1 aliphatic rings. The number of aromatic amines is 1. The van der Waals surface area contributed by atoms with Gasteiger partial charge in [0, 0.05) is 17.7 Å². The summed E-state index contributed by atoms with van der Waals surface area (Å²) in [7, 11) is 0. The summed E-state index contributed by atoms with van der Waals surface area (Å²) in [6.45, 7) is 0.472. The molecular weight excluding hydrogens is 208 g/mol. The molecule has 0 bridgehead atoms. The number of aromatic nitrogens is 3. The fraction of sp³-hybridized carbons (Fsp3) is 0.100. The van der Waals surface area contributed by atoms with Gasteiger partial charge in [-0.2, -0.15) is 15.4 Å².